The van der Waals surface area contributed by atoms with Crippen LogP contribution in [0.1, 0.15) is 11.5 Å². The van der Waals surface area contributed by atoms with Crippen LogP contribution >= 0.6 is 0 Å². The first-order valence-corrected chi connectivity index (χ1v) is 5.97. The molecule has 0 saturated heterocycles. The third-order valence-electron chi connectivity index (χ3n) is 2.79. The van der Waals surface area contributed by atoms with E-state index in [2.05, 4.69) is 10.1 Å². The standard InChI is InChI=1S/C15H12N2O2/c18-13-8-6-11(7-9-13)10-14-16-15(17-19-14)12-4-2-1-3-5-12/h1-9,18H,10H2. The van der Waals surface area contributed by atoms with Gasteiger partial charge in [-0.3, -0.25) is 0 Å². The molecule has 4 nitrogen and oxygen atoms in total. The summed E-state index contributed by atoms with van der Waals surface area (Å²) in [5.74, 6) is 1.40. The van der Waals surface area contributed by atoms with Gasteiger partial charge in [0.1, 0.15) is 5.75 Å². The molecule has 0 aliphatic heterocycles. The van der Waals surface area contributed by atoms with Crippen molar-refractivity contribution in [3.8, 4) is 17.1 Å². The van der Waals surface area contributed by atoms with Crippen molar-refractivity contribution in [3.05, 3.63) is 66.1 Å². The van der Waals surface area contributed by atoms with Gasteiger partial charge in [-0.15, -0.1) is 0 Å². The molecule has 0 bridgehead atoms. The minimum absolute atomic E-state index is 0.249. The topological polar surface area (TPSA) is 59.2 Å². The first kappa shape index (κ1) is 11.5. The highest BCUT2D eigenvalue weighted by Gasteiger charge is 2.08. The molecule has 0 aliphatic carbocycles. The first-order valence-electron chi connectivity index (χ1n) is 5.97. The Labute approximate surface area is 110 Å². The number of hydrogen-bond acceptors (Lipinski definition) is 4. The van der Waals surface area contributed by atoms with E-state index >= 15 is 0 Å². The number of aromatic hydroxyl groups is 1. The first-order chi connectivity index (χ1) is 9.31. The number of benzene rings is 2. The lowest BCUT2D eigenvalue weighted by molar-refractivity contribution is 0.385. The Morgan fingerprint density at radius 3 is 2.42 bits per heavy atom. The van der Waals surface area contributed by atoms with Crippen molar-refractivity contribution in [1.29, 1.82) is 0 Å². The second kappa shape index (κ2) is 4.94. The van der Waals surface area contributed by atoms with E-state index < -0.39 is 0 Å². The summed E-state index contributed by atoms with van der Waals surface area (Å²) < 4.78 is 5.23. The molecule has 1 N–H and O–H groups in total. The Morgan fingerprint density at radius 1 is 0.947 bits per heavy atom. The summed E-state index contributed by atoms with van der Waals surface area (Å²) in [6, 6.07) is 16.7. The highest BCUT2D eigenvalue weighted by molar-refractivity contribution is 5.53. The van der Waals surface area contributed by atoms with Crippen LogP contribution in [0.4, 0.5) is 0 Å². The quantitative estimate of drug-likeness (QED) is 0.778. The van der Waals surface area contributed by atoms with Gasteiger partial charge in [-0.2, -0.15) is 4.98 Å². The normalized spacial score (nSPS) is 10.5. The van der Waals surface area contributed by atoms with Crippen LogP contribution in [0.2, 0.25) is 0 Å². The second-order valence-electron chi connectivity index (χ2n) is 4.22. The fourth-order valence-electron chi connectivity index (χ4n) is 1.82. The Bertz CT molecular complexity index is 660. The minimum Gasteiger partial charge on any atom is -0.508 e. The van der Waals surface area contributed by atoms with Gasteiger partial charge < -0.3 is 9.63 Å². The lowest BCUT2D eigenvalue weighted by Gasteiger charge is -1.96. The number of aromatic nitrogens is 2. The van der Waals surface area contributed by atoms with E-state index in [9.17, 15) is 5.11 Å². The van der Waals surface area contributed by atoms with Gasteiger partial charge in [0.2, 0.25) is 11.7 Å². The van der Waals surface area contributed by atoms with Crippen molar-refractivity contribution in [3.63, 3.8) is 0 Å². The molecule has 2 aromatic carbocycles. The maximum atomic E-state index is 9.22. The van der Waals surface area contributed by atoms with Crippen molar-refractivity contribution in [1.82, 2.24) is 10.1 Å². The van der Waals surface area contributed by atoms with Crippen LogP contribution in [0, 0.1) is 0 Å². The minimum atomic E-state index is 0.249. The molecule has 0 amide bonds. The van der Waals surface area contributed by atoms with Gasteiger partial charge in [-0.25, -0.2) is 0 Å². The zero-order valence-electron chi connectivity index (χ0n) is 10.2. The maximum Gasteiger partial charge on any atom is 0.231 e. The van der Waals surface area contributed by atoms with Gasteiger partial charge >= 0.3 is 0 Å². The molecular weight excluding hydrogens is 240 g/mol. The molecule has 0 spiro atoms. The van der Waals surface area contributed by atoms with E-state index in [4.69, 9.17) is 4.52 Å². The molecular formula is C15H12N2O2. The molecule has 94 valence electrons. The highest BCUT2D eigenvalue weighted by Crippen LogP contribution is 2.17. The number of hydrogen-bond donors (Lipinski definition) is 1. The fourth-order valence-corrected chi connectivity index (χ4v) is 1.82. The fraction of sp³-hybridized carbons (Fsp3) is 0.0667. The Hall–Kier alpha value is -2.62. The molecule has 0 radical (unpaired) electrons. The summed E-state index contributed by atoms with van der Waals surface area (Å²) in [4.78, 5) is 4.36. The molecule has 3 aromatic rings. The van der Waals surface area contributed by atoms with E-state index in [-0.39, 0.29) is 5.75 Å². The maximum absolute atomic E-state index is 9.22. The number of phenolic OH excluding ortho intramolecular Hbond substituents is 1. The predicted octanol–water partition coefficient (Wildman–Crippen LogP) is 3.03. The van der Waals surface area contributed by atoms with Gasteiger partial charge in [-0.05, 0) is 17.7 Å². The van der Waals surface area contributed by atoms with Gasteiger partial charge in [0.25, 0.3) is 0 Å². The highest BCUT2D eigenvalue weighted by atomic mass is 16.5. The smallest absolute Gasteiger partial charge is 0.231 e. The average molecular weight is 252 g/mol. The van der Waals surface area contributed by atoms with Gasteiger partial charge in [0.05, 0.1) is 6.42 Å². The molecule has 4 heteroatoms. The molecule has 0 atom stereocenters. The largest absolute Gasteiger partial charge is 0.508 e. The molecule has 1 heterocycles. The van der Waals surface area contributed by atoms with Crippen molar-refractivity contribution in [2.24, 2.45) is 0 Å². The molecule has 0 unspecified atom stereocenters. The molecule has 0 saturated carbocycles. The van der Waals surface area contributed by atoms with Crippen molar-refractivity contribution >= 4 is 0 Å². The van der Waals surface area contributed by atoms with Crippen LogP contribution in [0.5, 0.6) is 5.75 Å². The average Bonchev–Trinajstić information content (AvgIpc) is 2.91. The zero-order chi connectivity index (χ0) is 13.1. The summed E-state index contributed by atoms with van der Waals surface area (Å²) in [6.45, 7) is 0. The number of rotatable bonds is 3. The molecule has 1 aromatic heterocycles. The van der Waals surface area contributed by atoms with Crippen LogP contribution in [0.15, 0.2) is 59.1 Å². The number of phenols is 1. The van der Waals surface area contributed by atoms with Crippen LogP contribution in [-0.2, 0) is 6.42 Å². The second-order valence-corrected chi connectivity index (χ2v) is 4.22. The van der Waals surface area contributed by atoms with Gasteiger partial charge in [0, 0.05) is 5.56 Å². The zero-order valence-corrected chi connectivity index (χ0v) is 10.2. The Balaban J connectivity index is 1.80. The number of nitrogens with zero attached hydrogens (tertiary/aromatic N) is 2. The van der Waals surface area contributed by atoms with Gasteiger partial charge in [-0.1, -0.05) is 47.6 Å². The summed E-state index contributed by atoms with van der Waals surface area (Å²) >= 11 is 0. The van der Waals surface area contributed by atoms with Crippen molar-refractivity contribution < 1.29 is 9.63 Å². The summed E-state index contributed by atoms with van der Waals surface area (Å²) in [6.07, 6.45) is 0.556. The molecule has 0 fully saturated rings. The lowest BCUT2D eigenvalue weighted by Crippen LogP contribution is -1.88. The van der Waals surface area contributed by atoms with E-state index in [0.29, 0.717) is 18.1 Å². The van der Waals surface area contributed by atoms with Crippen molar-refractivity contribution in [2.75, 3.05) is 0 Å². The predicted molar refractivity (Wildman–Crippen MR) is 70.6 cm³/mol. The van der Waals surface area contributed by atoms with E-state index in [1.807, 2.05) is 42.5 Å². The van der Waals surface area contributed by atoms with Crippen LogP contribution in [0.3, 0.4) is 0 Å². The third-order valence-corrected chi connectivity index (χ3v) is 2.79. The van der Waals surface area contributed by atoms with E-state index in [0.717, 1.165) is 11.1 Å². The van der Waals surface area contributed by atoms with Crippen molar-refractivity contribution in [2.45, 2.75) is 6.42 Å². The SMILES string of the molecule is Oc1ccc(Cc2nc(-c3ccccc3)no2)cc1. The Kier molecular flexibility index (Phi) is 2.98. The lowest BCUT2D eigenvalue weighted by atomic mass is 10.1. The Morgan fingerprint density at radius 2 is 1.68 bits per heavy atom. The van der Waals surface area contributed by atoms with E-state index in [1.54, 1.807) is 12.1 Å². The van der Waals surface area contributed by atoms with Crippen LogP contribution in [0.25, 0.3) is 11.4 Å². The van der Waals surface area contributed by atoms with Crippen LogP contribution < -0.4 is 0 Å². The molecule has 19 heavy (non-hydrogen) atoms. The summed E-state index contributed by atoms with van der Waals surface area (Å²) in [5, 5.41) is 13.2. The van der Waals surface area contributed by atoms with Gasteiger partial charge in [0.15, 0.2) is 0 Å². The summed E-state index contributed by atoms with van der Waals surface area (Å²) in [5.41, 5.74) is 1.95. The molecule has 3 rings (SSSR count). The summed E-state index contributed by atoms with van der Waals surface area (Å²) in [7, 11) is 0. The molecule has 0 aliphatic rings. The van der Waals surface area contributed by atoms with Crippen LogP contribution in [-0.4, -0.2) is 15.2 Å². The third kappa shape index (κ3) is 2.63. The van der Waals surface area contributed by atoms with E-state index in [1.165, 1.54) is 0 Å². The monoisotopic (exact) mass is 252 g/mol.